The third-order valence-electron chi connectivity index (χ3n) is 3.84. The van der Waals surface area contributed by atoms with Crippen molar-refractivity contribution in [2.45, 2.75) is 13.8 Å². The Bertz CT molecular complexity index is 983. The number of anilines is 1. The fraction of sp³-hybridized carbons (Fsp3) is 0.158. The fourth-order valence-corrected chi connectivity index (χ4v) is 3.16. The van der Waals surface area contributed by atoms with Gasteiger partial charge in [0.1, 0.15) is 5.75 Å². The summed E-state index contributed by atoms with van der Waals surface area (Å²) < 4.78 is 5.34. The van der Waals surface area contributed by atoms with E-state index >= 15 is 0 Å². The molecule has 7 nitrogen and oxygen atoms in total. The van der Waals surface area contributed by atoms with Crippen molar-refractivity contribution >= 4 is 28.1 Å². The van der Waals surface area contributed by atoms with Gasteiger partial charge in [-0.1, -0.05) is 17.7 Å². The topological polar surface area (TPSA) is 94.4 Å². The van der Waals surface area contributed by atoms with Gasteiger partial charge in [0.2, 0.25) is 0 Å². The van der Waals surface area contributed by atoms with Gasteiger partial charge in [-0.05, 0) is 37.6 Å². The van der Waals surface area contributed by atoms with Crippen LogP contribution >= 0.6 is 11.3 Å². The van der Waals surface area contributed by atoms with Crippen molar-refractivity contribution in [3.05, 3.63) is 69.1 Å². The van der Waals surface area contributed by atoms with Crippen molar-refractivity contribution in [2.75, 3.05) is 11.9 Å². The lowest BCUT2D eigenvalue weighted by Gasteiger charge is -2.06. The normalized spacial score (nSPS) is 10.4. The number of aromatic nitrogens is 1. The number of nitrogens with zero attached hydrogens (tertiary/aromatic N) is 2. The van der Waals surface area contributed by atoms with E-state index in [0.717, 1.165) is 22.4 Å². The molecule has 1 N–H and O–H groups in total. The molecule has 0 atom stereocenters. The summed E-state index contributed by atoms with van der Waals surface area (Å²) >= 11 is 1.34. The highest BCUT2D eigenvalue weighted by Crippen LogP contribution is 2.28. The standard InChI is InChI=1S/C19H17N3O4S/c1-12-3-4-13(2)16(9-12)17-11-27-19(20-17)21-18(23)10-26-15-7-5-14(6-8-15)22(24)25/h3-9,11H,10H2,1-2H3,(H,20,21,23). The third-order valence-corrected chi connectivity index (χ3v) is 4.59. The molecule has 138 valence electrons. The van der Waals surface area contributed by atoms with Crippen molar-refractivity contribution in [2.24, 2.45) is 0 Å². The second-order valence-electron chi connectivity index (χ2n) is 5.94. The minimum Gasteiger partial charge on any atom is -0.484 e. The van der Waals surface area contributed by atoms with Crippen LogP contribution in [0, 0.1) is 24.0 Å². The van der Waals surface area contributed by atoms with Gasteiger partial charge in [0.15, 0.2) is 11.7 Å². The molecule has 3 rings (SSSR count). The minimum absolute atomic E-state index is 0.0337. The number of nitro benzene ring substituents is 1. The number of thiazole rings is 1. The van der Waals surface area contributed by atoms with Crippen molar-refractivity contribution in [3.63, 3.8) is 0 Å². The van der Waals surface area contributed by atoms with Gasteiger partial charge >= 0.3 is 0 Å². The van der Waals surface area contributed by atoms with Gasteiger partial charge in [-0.3, -0.25) is 20.2 Å². The maximum absolute atomic E-state index is 12.1. The molecule has 0 spiro atoms. The van der Waals surface area contributed by atoms with Gasteiger partial charge in [-0.15, -0.1) is 11.3 Å². The first-order chi connectivity index (χ1) is 12.9. The fourth-order valence-electron chi connectivity index (χ4n) is 2.43. The third kappa shape index (κ3) is 4.68. The molecule has 0 saturated carbocycles. The average Bonchev–Trinajstić information content (AvgIpc) is 3.10. The second kappa shape index (κ2) is 7.96. The number of benzene rings is 2. The maximum Gasteiger partial charge on any atom is 0.269 e. The van der Waals surface area contributed by atoms with Crippen LogP contribution < -0.4 is 10.1 Å². The SMILES string of the molecule is Cc1ccc(C)c(-c2csc(NC(=O)COc3ccc([N+](=O)[O-])cc3)n2)c1. The number of hydrogen-bond donors (Lipinski definition) is 1. The van der Waals surface area contributed by atoms with Crippen LogP contribution in [0.4, 0.5) is 10.8 Å². The molecule has 2 aromatic carbocycles. The maximum atomic E-state index is 12.1. The van der Waals surface area contributed by atoms with Crippen molar-refractivity contribution in [1.29, 1.82) is 0 Å². The monoisotopic (exact) mass is 383 g/mol. The first-order valence-corrected chi connectivity index (χ1v) is 9.00. The lowest BCUT2D eigenvalue weighted by Crippen LogP contribution is -2.20. The summed E-state index contributed by atoms with van der Waals surface area (Å²) in [6.07, 6.45) is 0. The number of aryl methyl sites for hydroxylation is 2. The van der Waals surface area contributed by atoms with Gasteiger partial charge < -0.3 is 4.74 Å². The Balaban J connectivity index is 1.59. The molecule has 0 aliphatic carbocycles. The molecular formula is C19H17N3O4S. The number of nitro groups is 1. The first kappa shape index (κ1) is 18.5. The van der Waals surface area contributed by atoms with E-state index in [4.69, 9.17) is 4.74 Å². The van der Waals surface area contributed by atoms with E-state index in [9.17, 15) is 14.9 Å². The lowest BCUT2D eigenvalue weighted by molar-refractivity contribution is -0.384. The number of ether oxygens (including phenoxy) is 1. The van der Waals surface area contributed by atoms with E-state index in [1.807, 2.05) is 31.4 Å². The van der Waals surface area contributed by atoms with Crippen LogP contribution in [0.25, 0.3) is 11.3 Å². The number of nitrogens with one attached hydrogen (secondary N) is 1. The van der Waals surface area contributed by atoms with Crippen LogP contribution in [0.2, 0.25) is 0 Å². The Morgan fingerprint density at radius 3 is 2.67 bits per heavy atom. The summed E-state index contributed by atoms with van der Waals surface area (Å²) in [6.45, 7) is 3.83. The molecule has 0 fully saturated rings. The molecule has 0 unspecified atom stereocenters. The predicted molar refractivity (Wildman–Crippen MR) is 104 cm³/mol. The van der Waals surface area contributed by atoms with Crippen LogP contribution in [0.5, 0.6) is 5.75 Å². The molecular weight excluding hydrogens is 366 g/mol. The van der Waals surface area contributed by atoms with Crippen LogP contribution in [-0.2, 0) is 4.79 Å². The highest BCUT2D eigenvalue weighted by Gasteiger charge is 2.11. The van der Waals surface area contributed by atoms with Crippen LogP contribution in [0.15, 0.2) is 47.8 Å². The average molecular weight is 383 g/mol. The summed E-state index contributed by atoms with van der Waals surface area (Å²) in [4.78, 5) is 26.6. The Hall–Kier alpha value is -3.26. The zero-order valence-electron chi connectivity index (χ0n) is 14.8. The Morgan fingerprint density at radius 1 is 1.22 bits per heavy atom. The summed E-state index contributed by atoms with van der Waals surface area (Å²) in [6, 6.07) is 11.7. The zero-order valence-corrected chi connectivity index (χ0v) is 15.6. The van der Waals surface area contributed by atoms with Gasteiger partial charge in [-0.25, -0.2) is 4.98 Å². The first-order valence-electron chi connectivity index (χ1n) is 8.12. The lowest BCUT2D eigenvalue weighted by atomic mass is 10.0. The number of hydrogen-bond acceptors (Lipinski definition) is 6. The Morgan fingerprint density at radius 2 is 1.96 bits per heavy atom. The number of non-ortho nitro benzene ring substituents is 1. The van der Waals surface area contributed by atoms with Gasteiger partial charge in [0.05, 0.1) is 10.6 Å². The molecule has 0 bridgehead atoms. The summed E-state index contributed by atoms with van der Waals surface area (Å²) in [5.41, 5.74) is 4.08. The Labute approximate surface area is 159 Å². The highest BCUT2D eigenvalue weighted by molar-refractivity contribution is 7.14. The summed E-state index contributed by atoms with van der Waals surface area (Å²) in [5, 5.41) is 15.7. The van der Waals surface area contributed by atoms with Gasteiger partial charge in [0, 0.05) is 23.1 Å². The van der Waals surface area contributed by atoms with Crippen LogP contribution in [0.1, 0.15) is 11.1 Å². The van der Waals surface area contributed by atoms with Gasteiger partial charge in [-0.2, -0.15) is 0 Å². The smallest absolute Gasteiger partial charge is 0.269 e. The number of rotatable bonds is 6. The highest BCUT2D eigenvalue weighted by atomic mass is 32.1. The molecule has 1 aromatic heterocycles. The predicted octanol–water partition coefficient (Wildman–Crippen LogP) is 4.35. The summed E-state index contributed by atoms with van der Waals surface area (Å²) in [7, 11) is 0. The second-order valence-corrected chi connectivity index (χ2v) is 6.80. The molecule has 0 aliphatic rings. The van der Waals surface area contributed by atoms with Gasteiger partial charge in [0.25, 0.3) is 11.6 Å². The van der Waals surface area contributed by atoms with E-state index in [-0.39, 0.29) is 18.2 Å². The quantitative estimate of drug-likeness (QED) is 0.504. The van der Waals surface area contributed by atoms with E-state index in [0.29, 0.717) is 10.9 Å². The molecule has 1 amide bonds. The molecule has 1 heterocycles. The molecule has 0 radical (unpaired) electrons. The van der Waals surface area contributed by atoms with Crippen molar-refractivity contribution in [3.8, 4) is 17.0 Å². The summed E-state index contributed by atoms with van der Waals surface area (Å²) in [5.74, 6) is 0.0289. The Kier molecular flexibility index (Phi) is 5.46. The van der Waals surface area contributed by atoms with E-state index in [1.165, 1.54) is 35.6 Å². The molecule has 0 aliphatic heterocycles. The number of amides is 1. The van der Waals surface area contributed by atoms with Crippen LogP contribution in [-0.4, -0.2) is 22.4 Å². The van der Waals surface area contributed by atoms with E-state index in [1.54, 1.807) is 0 Å². The van der Waals surface area contributed by atoms with E-state index < -0.39 is 4.92 Å². The largest absolute Gasteiger partial charge is 0.484 e. The number of carbonyl (C=O) groups is 1. The van der Waals surface area contributed by atoms with E-state index in [2.05, 4.69) is 16.4 Å². The van der Waals surface area contributed by atoms with Crippen molar-refractivity contribution in [1.82, 2.24) is 4.98 Å². The van der Waals surface area contributed by atoms with Crippen molar-refractivity contribution < 1.29 is 14.5 Å². The molecule has 3 aromatic rings. The molecule has 8 heteroatoms. The molecule has 0 saturated heterocycles. The van der Waals surface area contributed by atoms with Crippen LogP contribution in [0.3, 0.4) is 0 Å². The zero-order chi connectivity index (χ0) is 19.4. The number of carbonyl (C=O) groups excluding carboxylic acids is 1. The molecule has 27 heavy (non-hydrogen) atoms. The minimum atomic E-state index is -0.494.